The molecule has 0 amide bonds. The molecular weight excluding hydrogens is 240 g/mol. The number of nitrogens with two attached hydrogens (primary N) is 1. The lowest BCUT2D eigenvalue weighted by Gasteiger charge is -2.33. The monoisotopic (exact) mass is 266 g/mol. The highest BCUT2D eigenvalue weighted by Gasteiger charge is 2.37. The molecule has 1 saturated carbocycles. The molecule has 0 aromatic carbocycles. The minimum absolute atomic E-state index is 0.413. The molecule has 1 aliphatic carbocycles. The Bertz CT molecular complexity index is 392. The minimum Gasteiger partial charge on any atom is -0.339 e. The van der Waals surface area contributed by atoms with E-state index in [9.17, 15) is 0 Å². The summed E-state index contributed by atoms with van der Waals surface area (Å²) in [5.41, 5.74) is 6.07. The average molecular weight is 266 g/mol. The predicted molar refractivity (Wildman–Crippen MR) is 76.0 cm³/mol. The predicted octanol–water partition coefficient (Wildman–Crippen LogP) is 2.67. The number of anilines is 1. The molecule has 0 atom stereocenters. The van der Waals surface area contributed by atoms with E-state index in [4.69, 9.17) is 10.3 Å². The lowest BCUT2D eigenvalue weighted by molar-refractivity contribution is 0.181. The molecule has 19 heavy (non-hydrogen) atoms. The van der Waals surface area contributed by atoms with Crippen LogP contribution >= 0.6 is 0 Å². The highest BCUT2D eigenvalue weighted by atomic mass is 16.5. The summed E-state index contributed by atoms with van der Waals surface area (Å²) in [5.74, 6) is 2.09. The third-order valence-electron chi connectivity index (χ3n) is 4.46. The quantitative estimate of drug-likeness (QED) is 0.887. The molecule has 0 bridgehead atoms. The number of aromatic nitrogens is 2. The number of hydrogen-bond acceptors (Lipinski definition) is 5. The van der Waals surface area contributed by atoms with Gasteiger partial charge in [-0.1, -0.05) is 13.3 Å². The van der Waals surface area contributed by atoms with Gasteiger partial charge in [-0.3, -0.25) is 0 Å². The Hall–Kier alpha value is -1.10. The average Bonchev–Trinajstić information content (AvgIpc) is 2.92. The number of hydrogen-bond donors (Lipinski definition) is 1. The van der Waals surface area contributed by atoms with Crippen molar-refractivity contribution in [2.75, 3.05) is 18.0 Å². The van der Waals surface area contributed by atoms with E-state index >= 15 is 0 Å². The first-order chi connectivity index (χ1) is 9.12. The zero-order valence-corrected chi connectivity index (χ0v) is 12.4. The van der Waals surface area contributed by atoms with Crippen LogP contribution in [0.2, 0.25) is 0 Å². The summed E-state index contributed by atoms with van der Waals surface area (Å²) in [6.45, 7) is 8.18. The van der Waals surface area contributed by atoms with Gasteiger partial charge >= 0.3 is 0 Å². The maximum atomic E-state index is 6.48. The molecule has 108 valence electrons. The Morgan fingerprint density at radius 3 is 2.42 bits per heavy atom. The van der Waals surface area contributed by atoms with Gasteiger partial charge in [-0.25, -0.2) is 0 Å². The van der Waals surface area contributed by atoms with Gasteiger partial charge in [-0.2, -0.15) is 4.98 Å². The Morgan fingerprint density at radius 1 is 1.26 bits per heavy atom. The number of nitrogens with zero attached hydrogens (tertiary/aromatic N) is 3. The molecule has 1 aromatic heterocycles. The maximum Gasteiger partial charge on any atom is 0.266 e. The molecule has 0 saturated heterocycles. The van der Waals surface area contributed by atoms with Crippen LogP contribution in [0.5, 0.6) is 0 Å². The Balaban J connectivity index is 2.09. The van der Waals surface area contributed by atoms with E-state index in [0.29, 0.717) is 11.8 Å². The summed E-state index contributed by atoms with van der Waals surface area (Å²) in [5, 5.41) is 4.08. The smallest absolute Gasteiger partial charge is 0.266 e. The molecule has 1 heterocycles. The van der Waals surface area contributed by atoms with Crippen molar-refractivity contribution in [3.63, 3.8) is 0 Å². The highest BCUT2D eigenvalue weighted by Crippen LogP contribution is 2.38. The van der Waals surface area contributed by atoms with Crippen LogP contribution in [-0.2, 0) is 5.54 Å². The third-order valence-corrected chi connectivity index (χ3v) is 4.46. The van der Waals surface area contributed by atoms with Crippen molar-refractivity contribution in [3.05, 3.63) is 5.89 Å². The van der Waals surface area contributed by atoms with Gasteiger partial charge in [0.25, 0.3) is 5.95 Å². The van der Waals surface area contributed by atoms with E-state index in [1.54, 1.807) is 0 Å². The number of rotatable bonds is 5. The van der Waals surface area contributed by atoms with Gasteiger partial charge in [-0.05, 0) is 50.6 Å². The zero-order chi connectivity index (χ0) is 13.9. The maximum absolute atomic E-state index is 6.48. The summed E-state index contributed by atoms with van der Waals surface area (Å²) < 4.78 is 5.43. The van der Waals surface area contributed by atoms with Crippen molar-refractivity contribution in [2.45, 2.75) is 58.4 Å². The van der Waals surface area contributed by atoms with Crippen molar-refractivity contribution in [2.24, 2.45) is 11.7 Å². The highest BCUT2D eigenvalue weighted by molar-refractivity contribution is 5.28. The summed E-state index contributed by atoms with van der Waals surface area (Å²) in [7, 11) is 0. The first-order valence-electron chi connectivity index (χ1n) is 7.51. The lowest BCUT2D eigenvalue weighted by atomic mass is 9.76. The Morgan fingerprint density at radius 2 is 1.89 bits per heavy atom. The van der Waals surface area contributed by atoms with Gasteiger partial charge in [0, 0.05) is 13.1 Å². The second-order valence-corrected chi connectivity index (χ2v) is 5.58. The van der Waals surface area contributed by atoms with Gasteiger partial charge in [0.15, 0.2) is 0 Å². The second kappa shape index (κ2) is 5.90. The molecule has 5 nitrogen and oxygen atoms in total. The molecule has 1 fully saturated rings. The molecule has 2 rings (SSSR count). The lowest BCUT2D eigenvalue weighted by Crippen LogP contribution is -2.40. The first kappa shape index (κ1) is 14.3. The minimum atomic E-state index is -0.413. The van der Waals surface area contributed by atoms with Gasteiger partial charge < -0.3 is 15.2 Å². The van der Waals surface area contributed by atoms with Crippen LogP contribution < -0.4 is 10.6 Å². The van der Waals surface area contributed by atoms with Gasteiger partial charge in [0.1, 0.15) is 0 Å². The van der Waals surface area contributed by atoms with Crippen molar-refractivity contribution in [1.29, 1.82) is 0 Å². The molecule has 0 unspecified atom stereocenters. The standard InChI is InChI=1S/C14H26N4O/c1-4-11-7-9-14(15,10-8-11)12-16-13(17-19-12)18(5-2)6-3/h11H,4-10,15H2,1-3H3. The second-order valence-electron chi connectivity index (χ2n) is 5.58. The summed E-state index contributed by atoms with van der Waals surface area (Å²) in [6.07, 6.45) is 5.47. The van der Waals surface area contributed by atoms with Gasteiger partial charge in [0.2, 0.25) is 5.89 Å². The fourth-order valence-electron chi connectivity index (χ4n) is 2.87. The topological polar surface area (TPSA) is 68.2 Å². The Labute approximate surface area is 115 Å². The zero-order valence-electron chi connectivity index (χ0n) is 12.4. The molecule has 5 heteroatoms. The van der Waals surface area contributed by atoms with Crippen LogP contribution in [0.3, 0.4) is 0 Å². The fourth-order valence-corrected chi connectivity index (χ4v) is 2.87. The Kier molecular flexibility index (Phi) is 4.45. The SMILES string of the molecule is CCC1CCC(N)(c2nc(N(CC)CC)no2)CC1. The van der Waals surface area contributed by atoms with E-state index < -0.39 is 5.54 Å². The fraction of sp³-hybridized carbons (Fsp3) is 0.857. The summed E-state index contributed by atoms with van der Waals surface area (Å²) in [6, 6.07) is 0. The molecule has 0 radical (unpaired) electrons. The summed E-state index contributed by atoms with van der Waals surface area (Å²) >= 11 is 0. The van der Waals surface area contributed by atoms with E-state index in [1.807, 2.05) is 0 Å². The normalized spacial score (nSPS) is 27.5. The molecule has 0 aliphatic heterocycles. The van der Waals surface area contributed by atoms with Crippen molar-refractivity contribution in [1.82, 2.24) is 10.1 Å². The van der Waals surface area contributed by atoms with E-state index in [-0.39, 0.29) is 0 Å². The van der Waals surface area contributed by atoms with Crippen molar-refractivity contribution < 1.29 is 4.52 Å². The van der Waals surface area contributed by atoms with Gasteiger partial charge in [-0.15, -0.1) is 0 Å². The van der Waals surface area contributed by atoms with Gasteiger partial charge in [0.05, 0.1) is 5.54 Å². The van der Waals surface area contributed by atoms with Crippen LogP contribution in [0.4, 0.5) is 5.95 Å². The van der Waals surface area contributed by atoms with Crippen LogP contribution in [-0.4, -0.2) is 23.2 Å². The van der Waals surface area contributed by atoms with Crippen LogP contribution in [0.15, 0.2) is 4.52 Å². The largest absolute Gasteiger partial charge is 0.339 e. The van der Waals surface area contributed by atoms with Crippen molar-refractivity contribution in [3.8, 4) is 0 Å². The molecule has 0 spiro atoms. The van der Waals surface area contributed by atoms with Crippen molar-refractivity contribution >= 4 is 5.95 Å². The van der Waals surface area contributed by atoms with E-state index in [2.05, 4.69) is 35.8 Å². The molecule has 1 aromatic rings. The summed E-state index contributed by atoms with van der Waals surface area (Å²) in [4.78, 5) is 6.60. The van der Waals surface area contributed by atoms with E-state index in [1.165, 1.54) is 6.42 Å². The van der Waals surface area contributed by atoms with Crippen LogP contribution in [0, 0.1) is 5.92 Å². The van der Waals surface area contributed by atoms with Crippen LogP contribution in [0.25, 0.3) is 0 Å². The molecule has 2 N–H and O–H groups in total. The van der Waals surface area contributed by atoms with Crippen LogP contribution in [0.1, 0.15) is 58.8 Å². The third kappa shape index (κ3) is 2.91. The first-order valence-corrected chi connectivity index (χ1v) is 7.51. The van der Waals surface area contributed by atoms with E-state index in [0.717, 1.165) is 44.7 Å². The molecule has 1 aliphatic rings. The molecular formula is C14H26N4O.